The van der Waals surface area contributed by atoms with Crippen LogP contribution in [0.5, 0.6) is 0 Å². The molecule has 2 atom stereocenters. The summed E-state index contributed by atoms with van der Waals surface area (Å²) >= 11 is 5.86. The van der Waals surface area contributed by atoms with Gasteiger partial charge in [0, 0.05) is 24.5 Å². The van der Waals surface area contributed by atoms with Gasteiger partial charge in [-0.25, -0.2) is 0 Å². The van der Waals surface area contributed by atoms with Crippen LogP contribution >= 0.6 is 11.6 Å². The molecule has 124 valence electrons. The predicted octanol–water partition coefficient (Wildman–Crippen LogP) is 3.23. The van der Waals surface area contributed by atoms with Crippen molar-refractivity contribution in [3.8, 4) is 0 Å². The predicted molar refractivity (Wildman–Crippen MR) is 88.3 cm³/mol. The Labute approximate surface area is 141 Å². The number of nitrogens with zero attached hydrogens (tertiary/aromatic N) is 1. The summed E-state index contributed by atoms with van der Waals surface area (Å²) in [6, 6.07) is 7.67. The van der Waals surface area contributed by atoms with Gasteiger partial charge >= 0.3 is 5.97 Å². The first-order chi connectivity index (χ1) is 11.0. The van der Waals surface area contributed by atoms with Gasteiger partial charge in [0.25, 0.3) is 0 Å². The van der Waals surface area contributed by atoms with E-state index in [0.29, 0.717) is 30.5 Å². The number of likely N-dealkylation sites (tertiary alicyclic amines) is 1. The Morgan fingerprint density at radius 3 is 2.48 bits per heavy atom. The normalized spacial score (nSPS) is 24.0. The molecule has 0 spiro atoms. The molecule has 3 rings (SSSR count). The molecule has 23 heavy (non-hydrogen) atoms. The Bertz CT molecular complexity index is 582. The van der Waals surface area contributed by atoms with E-state index in [1.807, 2.05) is 24.3 Å². The molecule has 0 radical (unpaired) electrons. The average Bonchev–Trinajstić information content (AvgIpc) is 3.27. The minimum atomic E-state index is -0.752. The molecule has 0 bridgehead atoms. The van der Waals surface area contributed by atoms with Gasteiger partial charge in [-0.1, -0.05) is 23.7 Å². The first kappa shape index (κ1) is 16.3. The highest BCUT2D eigenvalue weighted by Gasteiger charge is 2.46. The number of carboxylic acid groups (broad SMARTS) is 1. The lowest BCUT2D eigenvalue weighted by atomic mass is 9.92. The number of halogens is 1. The maximum Gasteiger partial charge on any atom is 0.308 e. The Morgan fingerprint density at radius 2 is 1.87 bits per heavy atom. The fraction of sp³-hybridized carbons (Fsp3) is 0.556. The zero-order chi connectivity index (χ0) is 16.4. The summed E-state index contributed by atoms with van der Waals surface area (Å²) in [6.45, 7) is 1.01. The molecule has 1 heterocycles. The van der Waals surface area contributed by atoms with Crippen molar-refractivity contribution in [3.05, 3.63) is 34.9 Å². The van der Waals surface area contributed by atoms with Crippen LogP contribution in [0.4, 0.5) is 0 Å². The van der Waals surface area contributed by atoms with Crippen molar-refractivity contribution in [2.24, 2.45) is 17.8 Å². The van der Waals surface area contributed by atoms with Crippen LogP contribution in [0.2, 0.25) is 5.02 Å². The lowest BCUT2D eigenvalue weighted by Crippen LogP contribution is -2.29. The summed E-state index contributed by atoms with van der Waals surface area (Å²) in [6.07, 6.45) is 4.33. The standard InChI is InChI=1S/C18H22ClNO3/c19-14-8-4-12(5-9-14)2-1-3-17(21)20-10-15(13-6-7-13)16(11-20)18(22)23/h4-5,8-9,13,15-16H,1-3,6-7,10-11H2,(H,22,23)/t15-,16+/m1/s1. The van der Waals surface area contributed by atoms with Crippen LogP contribution in [0.25, 0.3) is 0 Å². The number of rotatable bonds is 6. The maximum absolute atomic E-state index is 12.4. The third kappa shape index (κ3) is 4.05. The van der Waals surface area contributed by atoms with E-state index in [0.717, 1.165) is 25.7 Å². The van der Waals surface area contributed by atoms with Crippen LogP contribution in [0, 0.1) is 17.8 Å². The first-order valence-electron chi connectivity index (χ1n) is 8.29. The SMILES string of the molecule is O=C(O)[C@H]1CN(C(=O)CCCc2ccc(Cl)cc2)C[C@@H]1C1CC1. The van der Waals surface area contributed by atoms with Crippen LogP contribution in [-0.4, -0.2) is 35.0 Å². The quantitative estimate of drug-likeness (QED) is 0.868. The molecule has 0 unspecified atom stereocenters. The van der Waals surface area contributed by atoms with E-state index in [9.17, 15) is 14.7 Å². The van der Waals surface area contributed by atoms with Gasteiger partial charge in [-0.05, 0) is 55.2 Å². The van der Waals surface area contributed by atoms with Gasteiger partial charge in [0.15, 0.2) is 0 Å². The number of aliphatic carboxylic acids is 1. The highest BCUT2D eigenvalue weighted by Crippen LogP contribution is 2.44. The monoisotopic (exact) mass is 335 g/mol. The fourth-order valence-corrected chi connectivity index (χ4v) is 3.67. The van der Waals surface area contributed by atoms with E-state index in [2.05, 4.69) is 0 Å². The largest absolute Gasteiger partial charge is 0.481 e. The molecular formula is C18H22ClNO3. The van der Waals surface area contributed by atoms with Crippen LogP contribution in [0.1, 0.15) is 31.2 Å². The summed E-state index contributed by atoms with van der Waals surface area (Å²) in [5.41, 5.74) is 1.17. The molecule has 1 saturated carbocycles. The molecular weight excluding hydrogens is 314 g/mol. The second kappa shape index (κ2) is 6.91. The number of carboxylic acids is 1. The molecule has 1 N–H and O–H groups in total. The number of amides is 1. The molecule has 1 aromatic rings. The molecule has 1 amide bonds. The van der Waals surface area contributed by atoms with Crippen molar-refractivity contribution in [3.63, 3.8) is 0 Å². The number of hydrogen-bond acceptors (Lipinski definition) is 2. The number of hydrogen-bond donors (Lipinski definition) is 1. The Hall–Kier alpha value is -1.55. The van der Waals surface area contributed by atoms with Gasteiger partial charge in [-0.15, -0.1) is 0 Å². The van der Waals surface area contributed by atoms with E-state index in [4.69, 9.17) is 11.6 Å². The zero-order valence-corrected chi connectivity index (χ0v) is 13.8. The van der Waals surface area contributed by atoms with E-state index in [1.54, 1.807) is 4.90 Å². The van der Waals surface area contributed by atoms with Gasteiger partial charge in [0.05, 0.1) is 5.92 Å². The molecule has 1 aliphatic heterocycles. The molecule has 4 nitrogen and oxygen atoms in total. The molecule has 2 fully saturated rings. The van der Waals surface area contributed by atoms with Gasteiger partial charge in [-0.2, -0.15) is 0 Å². The molecule has 2 aliphatic rings. The first-order valence-corrected chi connectivity index (χ1v) is 8.67. The lowest BCUT2D eigenvalue weighted by molar-refractivity contribution is -0.142. The van der Waals surface area contributed by atoms with Crippen LogP contribution in [-0.2, 0) is 16.0 Å². The van der Waals surface area contributed by atoms with Crippen molar-refractivity contribution < 1.29 is 14.7 Å². The number of carbonyl (C=O) groups is 2. The van der Waals surface area contributed by atoms with E-state index in [1.165, 1.54) is 5.56 Å². The van der Waals surface area contributed by atoms with Crippen molar-refractivity contribution in [2.45, 2.75) is 32.1 Å². The third-order valence-corrected chi connectivity index (χ3v) is 5.28. The summed E-state index contributed by atoms with van der Waals surface area (Å²) < 4.78 is 0. The summed E-state index contributed by atoms with van der Waals surface area (Å²) in [4.78, 5) is 25.5. The van der Waals surface area contributed by atoms with Crippen molar-refractivity contribution in [1.82, 2.24) is 4.90 Å². The molecule has 1 aliphatic carbocycles. The number of benzene rings is 1. The van der Waals surface area contributed by atoms with Crippen molar-refractivity contribution >= 4 is 23.5 Å². The zero-order valence-electron chi connectivity index (χ0n) is 13.1. The van der Waals surface area contributed by atoms with Gasteiger partial charge < -0.3 is 10.0 Å². The Morgan fingerprint density at radius 1 is 1.17 bits per heavy atom. The topological polar surface area (TPSA) is 57.6 Å². The number of carbonyl (C=O) groups excluding carboxylic acids is 1. The van der Waals surface area contributed by atoms with Crippen LogP contribution in [0.3, 0.4) is 0 Å². The van der Waals surface area contributed by atoms with E-state index in [-0.39, 0.29) is 17.7 Å². The summed E-state index contributed by atoms with van der Waals surface area (Å²) in [5, 5.41) is 10.1. The smallest absolute Gasteiger partial charge is 0.308 e. The molecule has 1 saturated heterocycles. The average molecular weight is 336 g/mol. The maximum atomic E-state index is 12.4. The molecule has 5 heteroatoms. The third-order valence-electron chi connectivity index (χ3n) is 5.03. The van der Waals surface area contributed by atoms with Crippen LogP contribution in [0.15, 0.2) is 24.3 Å². The highest BCUT2D eigenvalue weighted by molar-refractivity contribution is 6.30. The minimum Gasteiger partial charge on any atom is -0.481 e. The number of aryl methyl sites for hydroxylation is 1. The minimum absolute atomic E-state index is 0.0911. The second-order valence-corrected chi connectivity index (χ2v) is 7.16. The summed E-state index contributed by atoms with van der Waals surface area (Å²) in [5.74, 6) is -0.356. The Kier molecular flexibility index (Phi) is 4.90. The highest BCUT2D eigenvalue weighted by atomic mass is 35.5. The lowest BCUT2D eigenvalue weighted by Gasteiger charge is -2.16. The summed E-state index contributed by atoms with van der Waals surface area (Å²) in [7, 11) is 0. The van der Waals surface area contributed by atoms with E-state index >= 15 is 0 Å². The molecule has 1 aromatic carbocycles. The van der Waals surface area contributed by atoms with Crippen molar-refractivity contribution in [2.75, 3.05) is 13.1 Å². The fourth-order valence-electron chi connectivity index (χ4n) is 3.55. The van der Waals surface area contributed by atoms with E-state index < -0.39 is 5.97 Å². The Balaban J connectivity index is 1.48. The van der Waals surface area contributed by atoms with Gasteiger partial charge in [-0.3, -0.25) is 9.59 Å². The second-order valence-electron chi connectivity index (χ2n) is 6.72. The van der Waals surface area contributed by atoms with Crippen molar-refractivity contribution in [1.29, 1.82) is 0 Å². The van der Waals surface area contributed by atoms with Gasteiger partial charge in [0.2, 0.25) is 5.91 Å². The van der Waals surface area contributed by atoms with Gasteiger partial charge in [0.1, 0.15) is 0 Å². The van der Waals surface area contributed by atoms with Crippen LogP contribution < -0.4 is 0 Å². The molecule has 0 aromatic heterocycles.